The summed E-state index contributed by atoms with van der Waals surface area (Å²) in [5.41, 5.74) is 13.7. The second kappa shape index (κ2) is 10.1. The molecule has 36 heavy (non-hydrogen) atoms. The minimum Gasteiger partial charge on any atom is -0.364 e. The molecule has 1 aromatic heterocycles. The number of hydrogen-bond acceptors (Lipinski definition) is 4. The van der Waals surface area contributed by atoms with Crippen molar-refractivity contribution in [3.05, 3.63) is 124 Å². The first-order valence-electron chi connectivity index (χ1n) is 11.9. The summed E-state index contributed by atoms with van der Waals surface area (Å²) >= 11 is 0. The van der Waals surface area contributed by atoms with Crippen LogP contribution in [0.3, 0.4) is 0 Å². The van der Waals surface area contributed by atoms with Gasteiger partial charge in [-0.15, -0.1) is 0 Å². The molecular weight excluding hydrogens is 451 g/mol. The highest BCUT2D eigenvalue weighted by molar-refractivity contribution is 5.98. The molecule has 3 aromatic carbocycles. The smallest absolute Gasteiger partial charge is 0.267 e. The summed E-state index contributed by atoms with van der Waals surface area (Å²) < 4.78 is 13.3. The van der Waals surface area contributed by atoms with E-state index in [-0.39, 0.29) is 11.5 Å². The summed E-state index contributed by atoms with van der Waals surface area (Å²) in [6.45, 7) is 2.54. The lowest BCUT2D eigenvalue weighted by molar-refractivity contribution is 0.0996. The normalized spacial score (nSPS) is 13.1. The van der Waals surface area contributed by atoms with Crippen molar-refractivity contribution in [2.24, 2.45) is 5.73 Å². The van der Waals surface area contributed by atoms with E-state index >= 15 is 0 Å². The van der Waals surface area contributed by atoms with Gasteiger partial charge in [0.1, 0.15) is 11.5 Å². The zero-order valence-corrected chi connectivity index (χ0v) is 19.7. The number of nitrogens with zero attached hydrogens (tertiary/aromatic N) is 3. The molecule has 0 bridgehead atoms. The number of primary amides is 1. The maximum Gasteiger partial charge on any atom is 0.267 e. The van der Waals surface area contributed by atoms with Gasteiger partial charge in [-0.05, 0) is 82.6 Å². The molecule has 6 heteroatoms. The first kappa shape index (κ1) is 23.4. The molecule has 1 amide bonds. The van der Waals surface area contributed by atoms with E-state index in [4.69, 9.17) is 11.0 Å². The number of carbonyl (C=O) groups excluding carboxylic acids is 1. The summed E-state index contributed by atoms with van der Waals surface area (Å²) in [4.78, 5) is 18.9. The molecule has 0 fully saturated rings. The van der Waals surface area contributed by atoms with E-state index in [2.05, 4.69) is 28.1 Å². The topological polar surface area (TPSA) is 83.0 Å². The average Bonchev–Trinajstić information content (AvgIpc) is 2.90. The first-order chi connectivity index (χ1) is 17.5. The first-order valence-corrected chi connectivity index (χ1v) is 11.9. The fourth-order valence-corrected chi connectivity index (χ4v) is 4.72. The predicted octanol–water partition coefficient (Wildman–Crippen LogP) is 5.01. The molecule has 2 heterocycles. The Morgan fingerprint density at radius 1 is 0.972 bits per heavy atom. The lowest BCUT2D eigenvalue weighted by Gasteiger charge is -2.29. The number of amides is 1. The van der Waals surface area contributed by atoms with Crippen LogP contribution in [-0.2, 0) is 25.9 Å². The molecule has 0 saturated carbocycles. The third-order valence-electron chi connectivity index (χ3n) is 6.60. The molecule has 2 N–H and O–H groups in total. The number of nitrogens with two attached hydrogens (primary N) is 1. The number of carbonyl (C=O) groups is 1. The number of pyridine rings is 1. The summed E-state index contributed by atoms with van der Waals surface area (Å²) in [6, 6.07) is 24.5. The third kappa shape index (κ3) is 5.17. The fraction of sp³-hybridized carbons (Fsp3) is 0.167. The van der Waals surface area contributed by atoms with Crippen molar-refractivity contribution in [2.75, 3.05) is 6.54 Å². The number of rotatable bonds is 6. The van der Waals surface area contributed by atoms with E-state index in [9.17, 15) is 9.18 Å². The molecule has 178 valence electrons. The SMILES string of the molecule is N#Cc1ccc(CN2CCc3ccc(-c4cc(Cc5ccc(F)cc5)cnc4C(N)=O)cc3C2)cc1. The van der Waals surface area contributed by atoms with E-state index < -0.39 is 5.91 Å². The lowest BCUT2D eigenvalue weighted by atomic mass is 9.92. The highest BCUT2D eigenvalue weighted by Crippen LogP contribution is 2.30. The Morgan fingerprint density at radius 3 is 2.44 bits per heavy atom. The molecule has 0 aliphatic carbocycles. The summed E-state index contributed by atoms with van der Waals surface area (Å²) in [6.07, 6.45) is 3.17. The summed E-state index contributed by atoms with van der Waals surface area (Å²) in [7, 11) is 0. The number of nitriles is 1. The molecule has 0 radical (unpaired) electrons. The van der Waals surface area contributed by atoms with Crippen LogP contribution in [-0.4, -0.2) is 22.3 Å². The van der Waals surface area contributed by atoms with Gasteiger partial charge in [0.15, 0.2) is 0 Å². The molecule has 1 aliphatic rings. The van der Waals surface area contributed by atoms with E-state index in [0.29, 0.717) is 17.5 Å². The molecule has 5 rings (SSSR count). The lowest BCUT2D eigenvalue weighted by Crippen LogP contribution is -2.30. The minimum atomic E-state index is -0.571. The summed E-state index contributed by atoms with van der Waals surface area (Å²) in [5.74, 6) is -0.845. The van der Waals surface area contributed by atoms with Crippen molar-refractivity contribution < 1.29 is 9.18 Å². The molecule has 0 unspecified atom stereocenters. The number of fused-ring (bicyclic) bond motifs is 1. The number of benzene rings is 3. The van der Waals surface area contributed by atoms with Crippen LogP contribution >= 0.6 is 0 Å². The van der Waals surface area contributed by atoms with E-state index in [1.165, 1.54) is 28.8 Å². The second-order valence-electron chi connectivity index (χ2n) is 9.16. The molecule has 0 spiro atoms. The predicted molar refractivity (Wildman–Crippen MR) is 136 cm³/mol. The molecule has 0 saturated heterocycles. The van der Waals surface area contributed by atoms with Crippen molar-refractivity contribution in [1.29, 1.82) is 5.26 Å². The zero-order valence-electron chi connectivity index (χ0n) is 19.7. The zero-order chi connectivity index (χ0) is 25.1. The van der Waals surface area contributed by atoms with Crippen LogP contribution < -0.4 is 5.73 Å². The monoisotopic (exact) mass is 476 g/mol. The number of hydrogen-bond donors (Lipinski definition) is 1. The van der Waals surface area contributed by atoms with Crippen molar-refractivity contribution >= 4 is 5.91 Å². The fourth-order valence-electron chi connectivity index (χ4n) is 4.72. The van der Waals surface area contributed by atoms with Gasteiger partial charge in [-0.3, -0.25) is 14.7 Å². The highest BCUT2D eigenvalue weighted by Gasteiger charge is 2.19. The van der Waals surface area contributed by atoms with Gasteiger partial charge < -0.3 is 5.73 Å². The van der Waals surface area contributed by atoms with Gasteiger partial charge >= 0.3 is 0 Å². The van der Waals surface area contributed by atoms with Gasteiger partial charge in [-0.1, -0.05) is 36.4 Å². The molecule has 1 aliphatic heterocycles. The van der Waals surface area contributed by atoms with Crippen LogP contribution in [0.1, 0.15) is 43.9 Å². The van der Waals surface area contributed by atoms with Crippen LogP contribution in [0.5, 0.6) is 0 Å². The average molecular weight is 477 g/mol. The van der Waals surface area contributed by atoms with Crippen LogP contribution in [0, 0.1) is 17.1 Å². The van der Waals surface area contributed by atoms with Gasteiger partial charge in [-0.25, -0.2) is 4.39 Å². The van der Waals surface area contributed by atoms with Crippen molar-refractivity contribution in [1.82, 2.24) is 9.88 Å². The van der Waals surface area contributed by atoms with Gasteiger partial charge in [0.2, 0.25) is 0 Å². The highest BCUT2D eigenvalue weighted by atomic mass is 19.1. The quantitative estimate of drug-likeness (QED) is 0.424. The largest absolute Gasteiger partial charge is 0.364 e. The Hall–Kier alpha value is -4.34. The Kier molecular flexibility index (Phi) is 6.57. The van der Waals surface area contributed by atoms with Crippen LogP contribution in [0.4, 0.5) is 4.39 Å². The second-order valence-corrected chi connectivity index (χ2v) is 9.16. The molecule has 5 nitrogen and oxygen atoms in total. The third-order valence-corrected chi connectivity index (χ3v) is 6.60. The molecule has 4 aromatic rings. The van der Waals surface area contributed by atoms with E-state index in [0.717, 1.165) is 42.7 Å². The maximum atomic E-state index is 13.3. The van der Waals surface area contributed by atoms with E-state index in [1.54, 1.807) is 18.3 Å². The van der Waals surface area contributed by atoms with Gasteiger partial charge in [0.05, 0.1) is 11.6 Å². The Morgan fingerprint density at radius 2 is 1.72 bits per heavy atom. The standard InChI is InChI=1S/C30H25FN4O/c31-27-9-5-20(6-10-27)13-23-14-28(29(30(33)36)34-17-23)25-8-7-24-11-12-35(19-26(24)15-25)18-22-3-1-21(16-32)2-4-22/h1-10,14-15,17H,11-13,18-19H2,(H2,33,36). The molecular formula is C30H25FN4O. The van der Waals surface area contributed by atoms with Gasteiger partial charge in [0.25, 0.3) is 5.91 Å². The van der Waals surface area contributed by atoms with Crippen LogP contribution in [0.25, 0.3) is 11.1 Å². The van der Waals surface area contributed by atoms with E-state index in [1.807, 2.05) is 36.4 Å². The Bertz CT molecular complexity index is 1460. The summed E-state index contributed by atoms with van der Waals surface area (Å²) in [5, 5.41) is 9.03. The van der Waals surface area contributed by atoms with Gasteiger partial charge in [0, 0.05) is 31.4 Å². The minimum absolute atomic E-state index is 0.239. The van der Waals surface area contributed by atoms with Crippen molar-refractivity contribution in [2.45, 2.75) is 25.9 Å². The Labute approximate surface area is 209 Å². The van der Waals surface area contributed by atoms with Gasteiger partial charge in [-0.2, -0.15) is 5.26 Å². The number of aromatic nitrogens is 1. The number of halogens is 1. The van der Waals surface area contributed by atoms with Crippen molar-refractivity contribution in [3.8, 4) is 17.2 Å². The Balaban J connectivity index is 1.41. The van der Waals surface area contributed by atoms with Crippen LogP contribution in [0.15, 0.2) is 79.0 Å². The maximum absolute atomic E-state index is 13.3. The molecule has 0 atom stereocenters. The van der Waals surface area contributed by atoms with Crippen LogP contribution in [0.2, 0.25) is 0 Å². The van der Waals surface area contributed by atoms with Crippen molar-refractivity contribution in [3.63, 3.8) is 0 Å².